The summed E-state index contributed by atoms with van der Waals surface area (Å²) in [5.41, 5.74) is 2.69. The second-order valence-electron chi connectivity index (χ2n) is 6.65. The summed E-state index contributed by atoms with van der Waals surface area (Å²) in [5.74, 6) is 1.75. The number of anilines is 1. The Balaban J connectivity index is 1.81. The Bertz CT molecular complexity index is 890. The third-order valence-electron chi connectivity index (χ3n) is 4.58. The summed E-state index contributed by atoms with van der Waals surface area (Å²) in [6.07, 6.45) is 0.352. The van der Waals surface area contributed by atoms with Crippen LogP contribution in [0.3, 0.4) is 0 Å². The summed E-state index contributed by atoms with van der Waals surface area (Å²) in [4.78, 5) is 12.8. The van der Waals surface area contributed by atoms with Crippen molar-refractivity contribution in [3.63, 3.8) is 0 Å². The van der Waals surface area contributed by atoms with Crippen LogP contribution in [0.1, 0.15) is 42.2 Å². The van der Waals surface area contributed by atoms with Crippen molar-refractivity contribution in [1.29, 1.82) is 0 Å². The van der Waals surface area contributed by atoms with Crippen LogP contribution in [0.15, 0.2) is 78.9 Å². The lowest BCUT2D eigenvalue weighted by Crippen LogP contribution is -2.16. The number of hydrogen-bond donors (Lipinski definition) is 1. The van der Waals surface area contributed by atoms with Crippen molar-refractivity contribution >= 4 is 11.5 Å². The Morgan fingerprint density at radius 1 is 0.793 bits per heavy atom. The van der Waals surface area contributed by atoms with Gasteiger partial charge in [0.1, 0.15) is 11.5 Å². The van der Waals surface area contributed by atoms with E-state index in [1.807, 2.05) is 92.7 Å². The lowest BCUT2D eigenvalue weighted by Gasteiger charge is -2.21. The summed E-state index contributed by atoms with van der Waals surface area (Å²) >= 11 is 0. The van der Waals surface area contributed by atoms with Gasteiger partial charge < -0.3 is 14.8 Å². The molecule has 29 heavy (non-hydrogen) atoms. The molecule has 3 rings (SSSR count). The van der Waals surface area contributed by atoms with Gasteiger partial charge >= 0.3 is 0 Å². The standard InChI is InChI=1S/C25H27NO3/c1-3-28-22-14-10-19(11-15-22)24(18-25(27)20-8-6-5-7-9-20)26-21-12-16-23(17-13-21)29-4-2/h5-17,24,26H,3-4,18H2,1-2H3. The largest absolute Gasteiger partial charge is 0.494 e. The van der Waals surface area contributed by atoms with Gasteiger partial charge in [0.05, 0.1) is 19.3 Å². The Labute approximate surface area is 172 Å². The second-order valence-corrected chi connectivity index (χ2v) is 6.65. The Hall–Kier alpha value is -3.27. The normalized spacial score (nSPS) is 11.5. The van der Waals surface area contributed by atoms with Crippen LogP contribution in [0.4, 0.5) is 5.69 Å². The number of benzene rings is 3. The van der Waals surface area contributed by atoms with Gasteiger partial charge in [-0.2, -0.15) is 0 Å². The minimum Gasteiger partial charge on any atom is -0.494 e. The smallest absolute Gasteiger partial charge is 0.165 e. The van der Waals surface area contributed by atoms with Crippen molar-refractivity contribution < 1.29 is 14.3 Å². The van der Waals surface area contributed by atoms with Crippen LogP contribution in [0.25, 0.3) is 0 Å². The van der Waals surface area contributed by atoms with Crippen LogP contribution in [0.2, 0.25) is 0 Å². The summed E-state index contributed by atoms with van der Waals surface area (Å²) in [6.45, 7) is 5.18. The van der Waals surface area contributed by atoms with Gasteiger partial charge in [-0.05, 0) is 55.8 Å². The molecule has 3 aromatic rings. The molecule has 0 fully saturated rings. The maximum absolute atomic E-state index is 12.8. The number of Topliss-reactive ketones (excluding diaryl/α,β-unsaturated/α-hetero) is 1. The van der Waals surface area contributed by atoms with Crippen LogP contribution in [-0.2, 0) is 0 Å². The predicted molar refractivity (Wildman–Crippen MR) is 117 cm³/mol. The molecule has 0 aliphatic heterocycles. The van der Waals surface area contributed by atoms with E-state index < -0.39 is 0 Å². The van der Waals surface area contributed by atoms with E-state index in [1.54, 1.807) is 0 Å². The molecule has 0 spiro atoms. The highest BCUT2D eigenvalue weighted by Crippen LogP contribution is 2.27. The van der Waals surface area contributed by atoms with Crippen molar-refractivity contribution in [3.8, 4) is 11.5 Å². The molecule has 0 bridgehead atoms. The molecule has 4 nitrogen and oxygen atoms in total. The Kier molecular flexibility index (Phi) is 7.28. The zero-order chi connectivity index (χ0) is 20.5. The van der Waals surface area contributed by atoms with Crippen LogP contribution >= 0.6 is 0 Å². The molecular formula is C25H27NO3. The SMILES string of the molecule is CCOc1ccc(NC(CC(=O)c2ccccc2)c2ccc(OCC)cc2)cc1. The fourth-order valence-electron chi connectivity index (χ4n) is 3.16. The number of ether oxygens (including phenoxy) is 2. The molecule has 0 heterocycles. The first-order valence-corrected chi connectivity index (χ1v) is 10.00. The quantitative estimate of drug-likeness (QED) is 0.438. The van der Waals surface area contributed by atoms with Gasteiger partial charge in [-0.25, -0.2) is 0 Å². The van der Waals surface area contributed by atoms with Crippen molar-refractivity contribution in [2.24, 2.45) is 0 Å². The van der Waals surface area contributed by atoms with Crippen molar-refractivity contribution in [1.82, 2.24) is 0 Å². The molecule has 0 saturated carbocycles. The van der Waals surface area contributed by atoms with Crippen LogP contribution in [0.5, 0.6) is 11.5 Å². The van der Waals surface area contributed by atoms with Crippen LogP contribution in [0, 0.1) is 0 Å². The van der Waals surface area contributed by atoms with E-state index in [9.17, 15) is 4.79 Å². The monoisotopic (exact) mass is 389 g/mol. The molecular weight excluding hydrogens is 362 g/mol. The number of carbonyl (C=O) groups excluding carboxylic acids is 1. The first-order chi connectivity index (χ1) is 14.2. The van der Waals surface area contributed by atoms with Gasteiger partial charge in [-0.3, -0.25) is 4.79 Å². The van der Waals surface area contributed by atoms with Gasteiger partial charge in [0.15, 0.2) is 5.78 Å². The van der Waals surface area contributed by atoms with E-state index in [0.717, 1.165) is 28.3 Å². The third-order valence-corrected chi connectivity index (χ3v) is 4.58. The van der Waals surface area contributed by atoms with E-state index in [2.05, 4.69) is 5.32 Å². The number of hydrogen-bond acceptors (Lipinski definition) is 4. The van der Waals surface area contributed by atoms with Gasteiger partial charge in [-0.15, -0.1) is 0 Å². The zero-order valence-electron chi connectivity index (χ0n) is 16.9. The average molecular weight is 389 g/mol. The summed E-state index contributed by atoms with van der Waals surface area (Å²) in [6, 6.07) is 25.0. The van der Waals surface area contributed by atoms with Crippen LogP contribution < -0.4 is 14.8 Å². The molecule has 0 aromatic heterocycles. The molecule has 1 unspecified atom stereocenters. The van der Waals surface area contributed by atoms with E-state index >= 15 is 0 Å². The Morgan fingerprint density at radius 2 is 1.34 bits per heavy atom. The highest BCUT2D eigenvalue weighted by atomic mass is 16.5. The van der Waals surface area contributed by atoms with E-state index in [0.29, 0.717) is 19.6 Å². The van der Waals surface area contributed by atoms with Gasteiger partial charge in [0.2, 0.25) is 0 Å². The molecule has 0 amide bonds. The number of rotatable bonds is 10. The minimum atomic E-state index is -0.156. The molecule has 150 valence electrons. The molecule has 0 aliphatic carbocycles. The van der Waals surface area contributed by atoms with E-state index in [-0.39, 0.29) is 11.8 Å². The topological polar surface area (TPSA) is 47.6 Å². The maximum atomic E-state index is 12.8. The number of nitrogens with one attached hydrogen (secondary N) is 1. The predicted octanol–water partition coefficient (Wildman–Crippen LogP) is 5.91. The number of ketones is 1. The van der Waals surface area contributed by atoms with Gasteiger partial charge in [0, 0.05) is 17.7 Å². The highest BCUT2D eigenvalue weighted by Gasteiger charge is 2.17. The van der Waals surface area contributed by atoms with Crippen molar-refractivity contribution in [2.75, 3.05) is 18.5 Å². The molecule has 0 radical (unpaired) electrons. The van der Waals surface area contributed by atoms with Crippen molar-refractivity contribution in [3.05, 3.63) is 90.0 Å². The van der Waals surface area contributed by atoms with Crippen molar-refractivity contribution in [2.45, 2.75) is 26.3 Å². The lowest BCUT2D eigenvalue weighted by atomic mass is 9.97. The lowest BCUT2D eigenvalue weighted by molar-refractivity contribution is 0.0976. The highest BCUT2D eigenvalue weighted by molar-refractivity contribution is 5.96. The molecule has 0 saturated heterocycles. The first kappa shape index (κ1) is 20.5. The minimum absolute atomic E-state index is 0.0999. The Morgan fingerprint density at radius 3 is 1.90 bits per heavy atom. The number of carbonyl (C=O) groups is 1. The molecule has 1 atom stereocenters. The van der Waals surface area contributed by atoms with Gasteiger partial charge in [0.25, 0.3) is 0 Å². The molecule has 4 heteroatoms. The first-order valence-electron chi connectivity index (χ1n) is 10.00. The van der Waals surface area contributed by atoms with E-state index in [4.69, 9.17) is 9.47 Å². The van der Waals surface area contributed by atoms with E-state index in [1.165, 1.54) is 0 Å². The summed E-state index contributed by atoms with van der Waals surface area (Å²) < 4.78 is 11.1. The fourth-order valence-corrected chi connectivity index (χ4v) is 3.16. The average Bonchev–Trinajstić information content (AvgIpc) is 2.76. The molecule has 3 aromatic carbocycles. The summed E-state index contributed by atoms with van der Waals surface area (Å²) in [5, 5.41) is 3.50. The van der Waals surface area contributed by atoms with Gasteiger partial charge in [-0.1, -0.05) is 42.5 Å². The zero-order valence-corrected chi connectivity index (χ0v) is 16.9. The summed E-state index contributed by atoms with van der Waals surface area (Å²) in [7, 11) is 0. The molecule has 1 N–H and O–H groups in total. The fraction of sp³-hybridized carbons (Fsp3) is 0.240. The second kappa shape index (κ2) is 10.3. The third kappa shape index (κ3) is 5.85. The molecule has 0 aliphatic rings. The van der Waals surface area contributed by atoms with Crippen LogP contribution in [-0.4, -0.2) is 19.0 Å². The maximum Gasteiger partial charge on any atom is 0.165 e.